The van der Waals surface area contributed by atoms with E-state index in [1.807, 2.05) is 18.2 Å². The van der Waals surface area contributed by atoms with Crippen LogP contribution in [-0.2, 0) is 11.2 Å². The summed E-state index contributed by atoms with van der Waals surface area (Å²) in [5.41, 5.74) is 7.37. The number of benzene rings is 2. The van der Waals surface area contributed by atoms with Gasteiger partial charge in [-0.3, -0.25) is 4.79 Å². The van der Waals surface area contributed by atoms with Crippen molar-refractivity contribution in [3.8, 4) is 0 Å². The van der Waals surface area contributed by atoms with Crippen molar-refractivity contribution in [3.05, 3.63) is 65.2 Å². The van der Waals surface area contributed by atoms with Crippen molar-refractivity contribution in [1.82, 2.24) is 10.2 Å². The van der Waals surface area contributed by atoms with E-state index in [2.05, 4.69) is 5.32 Å². The molecule has 1 unspecified atom stereocenters. The number of nitrogen functional groups attached to an aromatic ring is 1. The lowest BCUT2D eigenvalue weighted by molar-refractivity contribution is -0.121. The Balaban J connectivity index is 0.00000338. The molecule has 150 valence electrons. The van der Waals surface area contributed by atoms with Crippen LogP contribution in [0.25, 0.3) is 0 Å². The number of nitrogens with zero attached hydrogens (tertiary/aromatic N) is 1. The molecule has 0 heterocycles. The van der Waals surface area contributed by atoms with Gasteiger partial charge in [-0.15, -0.1) is 24.8 Å². The second-order valence-electron chi connectivity index (χ2n) is 6.12. The van der Waals surface area contributed by atoms with E-state index in [0.29, 0.717) is 12.1 Å². The Morgan fingerprint density at radius 2 is 1.67 bits per heavy atom. The van der Waals surface area contributed by atoms with E-state index < -0.39 is 17.7 Å². The van der Waals surface area contributed by atoms with Crippen molar-refractivity contribution in [2.45, 2.75) is 18.9 Å². The Labute approximate surface area is 170 Å². The van der Waals surface area contributed by atoms with Crippen molar-refractivity contribution < 1.29 is 13.6 Å². The quantitative estimate of drug-likeness (QED) is 0.671. The first-order chi connectivity index (χ1) is 11.9. The summed E-state index contributed by atoms with van der Waals surface area (Å²) in [7, 11) is 3.43. The number of carbonyl (C=O) groups excluding carboxylic acids is 1. The highest BCUT2D eigenvalue weighted by Crippen LogP contribution is 2.24. The third-order valence-electron chi connectivity index (χ3n) is 4.13. The molecule has 0 aromatic heterocycles. The molecule has 2 aromatic rings. The van der Waals surface area contributed by atoms with Crippen LogP contribution in [0.15, 0.2) is 42.5 Å². The smallest absolute Gasteiger partial charge is 0.220 e. The molecule has 0 aliphatic rings. The topological polar surface area (TPSA) is 58.4 Å². The molecule has 0 saturated carbocycles. The van der Waals surface area contributed by atoms with Crippen LogP contribution in [-0.4, -0.2) is 31.4 Å². The highest BCUT2D eigenvalue weighted by atomic mass is 35.5. The molecule has 1 amide bonds. The predicted molar refractivity (Wildman–Crippen MR) is 109 cm³/mol. The summed E-state index contributed by atoms with van der Waals surface area (Å²) in [6.07, 6.45) is 0.771. The Morgan fingerprint density at radius 3 is 2.22 bits per heavy atom. The summed E-state index contributed by atoms with van der Waals surface area (Å²) in [5.74, 6) is -1.43. The Bertz CT molecular complexity index is 724. The molecular weight excluding hydrogens is 395 g/mol. The average molecular weight is 420 g/mol. The molecule has 1 atom stereocenters. The maximum Gasteiger partial charge on any atom is 0.220 e. The number of hydrogen-bond acceptors (Lipinski definition) is 3. The van der Waals surface area contributed by atoms with Crippen LogP contribution in [0.4, 0.5) is 14.5 Å². The summed E-state index contributed by atoms with van der Waals surface area (Å²) in [6, 6.07) is 10.5. The summed E-state index contributed by atoms with van der Waals surface area (Å²) in [6.45, 7) is 0.119. The van der Waals surface area contributed by atoms with E-state index in [-0.39, 0.29) is 49.3 Å². The maximum atomic E-state index is 14.0. The van der Waals surface area contributed by atoms with Gasteiger partial charge in [-0.1, -0.05) is 24.3 Å². The number of nitrogens with two attached hydrogens (primary N) is 1. The number of nitrogens with one attached hydrogen (secondary N) is 1. The van der Waals surface area contributed by atoms with Gasteiger partial charge in [-0.2, -0.15) is 0 Å². The number of aryl methyl sites for hydroxylation is 1. The van der Waals surface area contributed by atoms with E-state index in [9.17, 15) is 13.6 Å². The van der Waals surface area contributed by atoms with Crippen LogP contribution in [0.1, 0.15) is 23.6 Å². The summed E-state index contributed by atoms with van der Waals surface area (Å²) in [5, 5.41) is 2.75. The number of hydrogen-bond donors (Lipinski definition) is 2. The van der Waals surface area contributed by atoms with Gasteiger partial charge in [-0.25, -0.2) is 8.78 Å². The number of para-hydroxylation sites is 1. The fourth-order valence-corrected chi connectivity index (χ4v) is 2.68. The van der Waals surface area contributed by atoms with Gasteiger partial charge in [-0.05, 0) is 44.3 Å². The van der Waals surface area contributed by atoms with Gasteiger partial charge < -0.3 is 16.0 Å². The molecular formula is C19H25Cl2F2N3O. The zero-order valence-corrected chi connectivity index (χ0v) is 16.9. The van der Waals surface area contributed by atoms with Crippen LogP contribution in [0.5, 0.6) is 0 Å². The molecule has 0 saturated heterocycles. The van der Waals surface area contributed by atoms with E-state index >= 15 is 0 Å². The molecule has 2 aromatic carbocycles. The minimum Gasteiger partial charge on any atom is -0.399 e. The maximum absolute atomic E-state index is 14.0. The van der Waals surface area contributed by atoms with Crippen molar-refractivity contribution in [1.29, 1.82) is 0 Å². The third-order valence-corrected chi connectivity index (χ3v) is 4.13. The molecule has 0 fully saturated rings. The minimum absolute atomic E-state index is 0. The van der Waals surface area contributed by atoms with E-state index in [0.717, 1.165) is 5.56 Å². The number of likely N-dealkylation sites (N-methyl/N-ethyl adjacent to an activating group) is 1. The summed E-state index contributed by atoms with van der Waals surface area (Å²) >= 11 is 0. The van der Waals surface area contributed by atoms with Gasteiger partial charge in [0.15, 0.2) is 0 Å². The molecule has 4 nitrogen and oxygen atoms in total. The molecule has 0 bridgehead atoms. The molecule has 3 N–H and O–H groups in total. The van der Waals surface area contributed by atoms with Gasteiger partial charge in [0.1, 0.15) is 11.6 Å². The Kier molecular flexibility index (Phi) is 10.9. The number of halogens is 4. The molecule has 2 rings (SSSR count). The Morgan fingerprint density at radius 1 is 1.07 bits per heavy atom. The van der Waals surface area contributed by atoms with E-state index in [1.54, 1.807) is 25.1 Å². The van der Waals surface area contributed by atoms with Gasteiger partial charge in [0, 0.05) is 24.2 Å². The lowest BCUT2D eigenvalue weighted by atomic mass is 10.0. The fourth-order valence-electron chi connectivity index (χ4n) is 2.68. The zero-order valence-electron chi connectivity index (χ0n) is 15.2. The lowest BCUT2D eigenvalue weighted by Crippen LogP contribution is -2.35. The van der Waals surface area contributed by atoms with Crippen LogP contribution in [0, 0.1) is 11.6 Å². The van der Waals surface area contributed by atoms with E-state index in [4.69, 9.17) is 5.73 Å². The van der Waals surface area contributed by atoms with Gasteiger partial charge in [0.25, 0.3) is 0 Å². The van der Waals surface area contributed by atoms with Gasteiger partial charge in [0.2, 0.25) is 5.91 Å². The molecule has 0 aliphatic carbocycles. The molecule has 8 heteroatoms. The Hall–Kier alpha value is -1.89. The lowest BCUT2D eigenvalue weighted by Gasteiger charge is -2.25. The molecule has 0 aliphatic heterocycles. The van der Waals surface area contributed by atoms with Gasteiger partial charge in [0.05, 0.1) is 6.04 Å². The zero-order chi connectivity index (χ0) is 18.4. The normalized spacial score (nSPS) is 11.3. The highest BCUT2D eigenvalue weighted by Gasteiger charge is 2.22. The minimum atomic E-state index is -0.620. The summed E-state index contributed by atoms with van der Waals surface area (Å²) in [4.78, 5) is 13.8. The average Bonchev–Trinajstić information content (AvgIpc) is 2.56. The SMILES string of the molecule is CN(C)C(CNC(=O)CCc1ccccc1N)c1c(F)cccc1F.Cl.Cl. The number of amides is 1. The van der Waals surface area contributed by atoms with Crippen LogP contribution in [0.2, 0.25) is 0 Å². The van der Waals surface area contributed by atoms with Crippen molar-refractivity contribution in [3.63, 3.8) is 0 Å². The molecule has 27 heavy (non-hydrogen) atoms. The summed E-state index contributed by atoms with van der Waals surface area (Å²) < 4.78 is 28.0. The van der Waals surface area contributed by atoms with Crippen LogP contribution < -0.4 is 11.1 Å². The second kappa shape index (κ2) is 11.7. The first-order valence-corrected chi connectivity index (χ1v) is 8.10. The second-order valence-corrected chi connectivity index (χ2v) is 6.12. The number of anilines is 1. The number of carbonyl (C=O) groups is 1. The van der Waals surface area contributed by atoms with Crippen LogP contribution in [0.3, 0.4) is 0 Å². The van der Waals surface area contributed by atoms with Crippen molar-refractivity contribution >= 4 is 36.4 Å². The fraction of sp³-hybridized carbons (Fsp3) is 0.316. The standard InChI is InChI=1S/C19H23F2N3O.2ClH/c1-24(2)17(19-14(20)7-5-8-15(19)21)12-23-18(25)11-10-13-6-3-4-9-16(13)22;;/h3-9,17H,10-12,22H2,1-2H3,(H,23,25);2*1H. The monoisotopic (exact) mass is 419 g/mol. The van der Waals surface area contributed by atoms with Gasteiger partial charge >= 0.3 is 0 Å². The molecule has 0 radical (unpaired) electrons. The highest BCUT2D eigenvalue weighted by molar-refractivity contribution is 5.85. The number of rotatable bonds is 7. The largest absolute Gasteiger partial charge is 0.399 e. The predicted octanol–water partition coefficient (Wildman–Crippen LogP) is 3.74. The van der Waals surface area contributed by atoms with Crippen molar-refractivity contribution in [2.75, 3.05) is 26.4 Å². The van der Waals surface area contributed by atoms with E-state index in [1.165, 1.54) is 18.2 Å². The first-order valence-electron chi connectivity index (χ1n) is 8.10. The van der Waals surface area contributed by atoms with Crippen molar-refractivity contribution in [2.24, 2.45) is 0 Å². The third kappa shape index (κ3) is 6.97. The first kappa shape index (κ1) is 25.1. The molecule has 0 spiro atoms. The van der Waals surface area contributed by atoms with Crippen LogP contribution >= 0.6 is 24.8 Å².